The molecule has 0 aromatic heterocycles. The normalized spacial score (nSPS) is 15.8. The van der Waals surface area contributed by atoms with Crippen molar-refractivity contribution in [3.8, 4) is 0 Å². The van der Waals surface area contributed by atoms with Gasteiger partial charge in [0.15, 0.2) is 4.32 Å². The Morgan fingerprint density at radius 1 is 1.19 bits per heavy atom. The zero-order valence-electron chi connectivity index (χ0n) is 12.6. The molecule has 0 atom stereocenters. The van der Waals surface area contributed by atoms with Crippen LogP contribution in [-0.4, -0.2) is 15.2 Å². The van der Waals surface area contributed by atoms with Crippen LogP contribution >= 0.6 is 47.2 Å². The lowest BCUT2D eigenvalue weighted by molar-refractivity contribution is -0.384. The Morgan fingerprint density at radius 3 is 2.58 bits per heavy atom. The number of thiocarbonyl (C=S) groups is 1. The fourth-order valence-electron chi connectivity index (χ4n) is 2.21. The quantitative estimate of drug-likeness (QED) is 0.281. The van der Waals surface area contributed by atoms with Crippen LogP contribution in [0, 0.1) is 15.9 Å². The van der Waals surface area contributed by atoms with Crippen LogP contribution in [0.25, 0.3) is 6.08 Å². The van der Waals surface area contributed by atoms with Crippen LogP contribution in [0.2, 0.25) is 10.0 Å². The van der Waals surface area contributed by atoms with Gasteiger partial charge in [0.25, 0.3) is 11.6 Å². The summed E-state index contributed by atoms with van der Waals surface area (Å²) in [7, 11) is 0. The molecule has 132 valence electrons. The third-order valence-corrected chi connectivity index (χ3v) is 5.37. The molecule has 1 saturated heterocycles. The summed E-state index contributed by atoms with van der Waals surface area (Å²) in [5.41, 5.74) is 0.493. The molecule has 2 aromatic carbocycles. The summed E-state index contributed by atoms with van der Waals surface area (Å²) in [6.07, 6.45) is 1.43. The van der Waals surface area contributed by atoms with Crippen molar-refractivity contribution in [1.29, 1.82) is 0 Å². The van der Waals surface area contributed by atoms with E-state index in [0.717, 1.165) is 17.8 Å². The van der Waals surface area contributed by atoms with Crippen LogP contribution in [0.3, 0.4) is 0 Å². The van der Waals surface area contributed by atoms with E-state index >= 15 is 0 Å². The molecule has 5 nitrogen and oxygen atoms in total. The SMILES string of the molecule is O=C1/C(=C/c2cc([N+](=O)[O-])ccc2Cl)SC(=S)N1c1ccc(F)c(Cl)c1. The molecule has 1 aliphatic heterocycles. The van der Waals surface area contributed by atoms with Gasteiger partial charge in [0, 0.05) is 22.7 Å². The van der Waals surface area contributed by atoms with E-state index in [1.807, 2.05) is 0 Å². The Balaban J connectivity index is 1.98. The summed E-state index contributed by atoms with van der Waals surface area (Å²) < 4.78 is 13.6. The van der Waals surface area contributed by atoms with Crippen LogP contribution in [0.4, 0.5) is 15.8 Å². The van der Waals surface area contributed by atoms with E-state index in [-0.39, 0.29) is 25.0 Å². The predicted molar refractivity (Wildman–Crippen MR) is 105 cm³/mol. The first-order valence-corrected chi connectivity index (χ1v) is 8.93. The summed E-state index contributed by atoms with van der Waals surface area (Å²) in [5, 5.41) is 11.0. The van der Waals surface area contributed by atoms with Crippen molar-refractivity contribution in [2.45, 2.75) is 0 Å². The number of benzene rings is 2. The van der Waals surface area contributed by atoms with Gasteiger partial charge in [0.05, 0.1) is 20.5 Å². The third kappa shape index (κ3) is 3.59. The lowest BCUT2D eigenvalue weighted by atomic mass is 10.2. The highest BCUT2D eigenvalue weighted by molar-refractivity contribution is 8.27. The Bertz CT molecular complexity index is 997. The average Bonchev–Trinajstić information content (AvgIpc) is 2.86. The van der Waals surface area contributed by atoms with E-state index in [9.17, 15) is 19.3 Å². The van der Waals surface area contributed by atoms with E-state index in [1.165, 1.54) is 41.3 Å². The minimum Gasteiger partial charge on any atom is -0.268 e. The molecule has 1 heterocycles. The molecule has 0 unspecified atom stereocenters. The number of amides is 1. The number of hydrogen-bond donors (Lipinski definition) is 0. The van der Waals surface area contributed by atoms with Gasteiger partial charge in [-0.05, 0) is 30.3 Å². The summed E-state index contributed by atoms with van der Waals surface area (Å²) in [6.45, 7) is 0. The zero-order chi connectivity index (χ0) is 19.0. The first-order valence-electron chi connectivity index (χ1n) is 6.95. The van der Waals surface area contributed by atoms with Gasteiger partial charge in [-0.1, -0.05) is 47.2 Å². The predicted octanol–water partition coefficient (Wildman–Crippen LogP) is 5.45. The number of carbonyl (C=O) groups is 1. The molecule has 1 fully saturated rings. The maximum Gasteiger partial charge on any atom is 0.270 e. The van der Waals surface area contributed by atoms with Gasteiger partial charge in [0.2, 0.25) is 0 Å². The highest BCUT2D eigenvalue weighted by atomic mass is 35.5. The van der Waals surface area contributed by atoms with Gasteiger partial charge in [0.1, 0.15) is 5.82 Å². The maximum absolute atomic E-state index is 13.3. The second-order valence-electron chi connectivity index (χ2n) is 5.08. The Labute approximate surface area is 166 Å². The fraction of sp³-hybridized carbons (Fsp3) is 0. The van der Waals surface area contributed by atoms with Crippen molar-refractivity contribution in [2.75, 3.05) is 4.90 Å². The van der Waals surface area contributed by atoms with Crippen molar-refractivity contribution in [2.24, 2.45) is 0 Å². The molecular weight excluding hydrogens is 422 g/mol. The number of nitro benzene ring substituents is 1. The van der Waals surface area contributed by atoms with Gasteiger partial charge in [-0.15, -0.1) is 0 Å². The van der Waals surface area contributed by atoms with Crippen molar-refractivity contribution in [3.63, 3.8) is 0 Å². The van der Waals surface area contributed by atoms with Crippen LogP contribution in [0.5, 0.6) is 0 Å². The summed E-state index contributed by atoms with van der Waals surface area (Å²) in [4.78, 5) is 24.5. The fourth-order valence-corrected chi connectivity index (χ4v) is 3.85. The zero-order valence-corrected chi connectivity index (χ0v) is 15.8. The minimum atomic E-state index is -0.611. The number of nitrogens with zero attached hydrogens (tertiary/aromatic N) is 2. The van der Waals surface area contributed by atoms with Gasteiger partial charge < -0.3 is 0 Å². The first kappa shape index (κ1) is 18.8. The van der Waals surface area contributed by atoms with Gasteiger partial charge >= 0.3 is 0 Å². The number of rotatable bonds is 3. The Morgan fingerprint density at radius 2 is 1.92 bits per heavy atom. The smallest absolute Gasteiger partial charge is 0.268 e. The van der Waals surface area contributed by atoms with Crippen molar-refractivity contribution < 1.29 is 14.1 Å². The number of non-ortho nitro benzene ring substituents is 1. The summed E-state index contributed by atoms with van der Waals surface area (Å²) in [5.74, 6) is -1.06. The molecule has 1 amide bonds. The lowest BCUT2D eigenvalue weighted by Crippen LogP contribution is -2.27. The number of nitro groups is 1. The number of anilines is 1. The molecule has 0 saturated carbocycles. The molecule has 2 aromatic rings. The first-order chi connectivity index (χ1) is 12.3. The van der Waals surface area contributed by atoms with Crippen LogP contribution in [0.15, 0.2) is 41.3 Å². The largest absolute Gasteiger partial charge is 0.270 e. The van der Waals surface area contributed by atoms with E-state index in [2.05, 4.69) is 0 Å². The molecular formula is C16H7Cl2FN2O3S2. The monoisotopic (exact) mass is 428 g/mol. The highest BCUT2D eigenvalue weighted by Crippen LogP contribution is 2.38. The maximum atomic E-state index is 13.3. The molecule has 0 spiro atoms. The van der Waals surface area contributed by atoms with Crippen LogP contribution < -0.4 is 4.90 Å². The lowest BCUT2D eigenvalue weighted by Gasteiger charge is -2.14. The van der Waals surface area contributed by atoms with E-state index in [1.54, 1.807) is 0 Å². The Hall–Kier alpha value is -2.00. The van der Waals surface area contributed by atoms with Crippen molar-refractivity contribution in [3.05, 3.63) is 72.8 Å². The second-order valence-corrected chi connectivity index (χ2v) is 7.57. The van der Waals surface area contributed by atoms with Crippen LogP contribution in [0.1, 0.15) is 5.56 Å². The Kier molecular flexibility index (Phi) is 5.29. The summed E-state index contributed by atoms with van der Waals surface area (Å²) >= 11 is 18.1. The molecule has 26 heavy (non-hydrogen) atoms. The van der Waals surface area contributed by atoms with Crippen LogP contribution in [-0.2, 0) is 4.79 Å². The molecule has 3 rings (SSSR count). The van der Waals surface area contributed by atoms with E-state index in [0.29, 0.717) is 11.3 Å². The average molecular weight is 429 g/mol. The topological polar surface area (TPSA) is 63.4 Å². The highest BCUT2D eigenvalue weighted by Gasteiger charge is 2.33. The summed E-state index contributed by atoms with van der Waals surface area (Å²) in [6, 6.07) is 7.73. The molecule has 0 bridgehead atoms. The molecule has 0 N–H and O–H groups in total. The number of halogens is 3. The van der Waals surface area contributed by atoms with Gasteiger partial charge in [-0.25, -0.2) is 4.39 Å². The van der Waals surface area contributed by atoms with Gasteiger partial charge in [-0.3, -0.25) is 19.8 Å². The van der Waals surface area contributed by atoms with E-state index < -0.39 is 16.6 Å². The van der Waals surface area contributed by atoms with Crippen molar-refractivity contribution in [1.82, 2.24) is 0 Å². The molecule has 10 heteroatoms. The minimum absolute atomic E-state index is 0.137. The molecule has 0 aliphatic carbocycles. The molecule has 1 aliphatic rings. The van der Waals surface area contributed by atoms with E-state index in [4.69, 9.17) is 35.4 Å². The number of hydrogen-bond acceptors (Lipinski definition) is 5. The standard InChI is InChI=1S/C16H7Cl2FN2O3S2/c17-11-3-1-10(21(23)24)5-8(11)6-14-15(22)20(16(25)26-14)9-2-4-13(19)12(18)7-9/h1-7H/b14-6-. The third-order valence-electron chi connectivity index (χ3n) is 3.43. The number of thioether (sulfide) groups is 1. The number of carbonyl (C=O) groups excluding carboxylic acids is 1. The second kappa shape index (κ2) is 7.32. The van der Waals surface area contributed by atoms with Gasteiger partial charge in [-0.2, -0.15) is 0 Å². The van der Waals surface area contributed by atoms with Crippen molar-refractivity contribution >= 4 is 74.9 Å². The molecule has 0 radical (unpaired) electrons.